The van der Waals surface area contributed by atoms with Crippen molar-refractivity contribution in [3.63, 3.8) is 0 Å². The van der Waals surface area contributed by atoms with E-state index < -0.39 is 0 Å². The lowest BCUT2D eigenvalue weighted by Gasteiger charge is -1.98. The van der Waals surface area contributed by atoms with E-state index in [4.69, 9.17) is 0 Å². The van der Waals surface area contributed by atoms with E-state index in [1.54, 1.807) is 13.1 Å². The zero-order valence-electron chi connectivity index (χ0n) is 5.74. The monoisotopic (exact) mass is 134 g/mol. The molecule has 1 atom stereocenters. The summed E-state index contributed by atoms with van der Waals surface area (Å²) in [6.07, 6.45) is 3.54. The summed E-state index contributed by atoms with van der Waals surface area (Å²) >= 11 is 0. The number of nitrogens with zero attached hydrogens (tertiary/aromatic N) is 1. The first-order valence-corrected chi connectivity index (χ1v) is 3.13. The molecule has 0 amide bonds. The van der Waals surface area contributed by atoms with Gasteiger partial charge in [-0.3, -0.25) is 9.78 Å². The summed E-state index contributed by atoms with van der Waals surface area (Å²) in [5, 5.41) is 0. The molecular weight excluding hydrogens is 126 g/mol. The van der Waals surface area contributed by atoms with Crippen LogP contribution in [0.2, 0.25) is 0 Å². The Morgan fingerprint density at radius 1 is 1.60 bits per heavy atom. The molecule has 0 bridgehead atoms. The lowest BCUT2D eigenvalue weighted by atomic mass is 10.1. The van der Waals surface area contributed by atoms with Crippen LogP contribution in [-0.2, 0) is 4.79 Å². The molecule has 51 valence electrons. The molecule has 0 aliphatic rings. The van der Waals surface area contributed by atoms with E-state index in [0.29, 0.717) is 0 Å². The number of aromatic nitrogens is 1. The first-order chi connectivity index (χ1) is 4.84. The Labute approximate surface area is 59.9 Å². The Morgan fingerprint density at radius 3 is 2.90 bits per heavy atom. The van der Waals surface area contributed by atoms with Crippen molar-refractivity contribution >= 4 is 6.29 Å². The van der Waals surface area contributed by atoms with Gasteiger partial charge in [0.05, 0.1) is 11.6 Å². The molecule has 1 heterocycles. The number of carbonyl (C=O) groups excluding carboxylic acids is 1. The fraction of sp³-hybridized carbons (Fsp3) is 0.250. The normalized spacial score (nSPS) is 12.5. The molecule has 1 aromatic rings. The van der Waals surface area contributed by atoms with Gasteiger partial charge in [0, 0.05) is 6.20 Å². The van der Waals surface area contributed by atoms with E-state index in [1.807, 2.05) is 24.5 Å². The third-order valence-corrected chi connectivity index (χ3v) is 1.31. The molecule has 0 fully saturated rings. The molecule has 2 nitrogen and oxygen atoms in total. The molecule has 0 aromatic carbocycles. The summed E-state index contributed by atoms with van der Waals surface area (Å²) in [6, 6.07) is 5.49. The standard InChI is InChI=1S/C8H8NO/c1-7(6-10)8-4-2-3-5-9-8/h2-5,7H,1H3. The number of pyridine rings is 1. The molecule has 0 aliphatic carbocycles. The fourth-order valence-corrected chi connectivity index (χ4v) is 0.692. The topological polar surface area (TPSA) is 30.0 Å². The van der Waals surface area contributed by atoms with Crippen molar-refractivity contribution in [2.45, 2.75) is 12.8 Å². The molecule has 1 rings (SSSR count). The van der Waals surface area contributed by atoms with Crippen LogP contribution in [0.1, 0.15) is 18.5 Å². The van der Waals surface area contributed by atoms with Crippen LogP contribution in [0.15, 0.2) is 24.4 Å². The lowest BCUT2D eigenvalue weighted by molar-refractivity contribution is 0.545. The quantitative estimate of drug-likeness (QED) is 0.610. The maximum atomic E-state index is 10.1. The molecular formula is C8H8NO. The van der Waals surface area contributed by atoms with E-state index in [9.17, 15) is 4.79 Å². The summed E-state index contributed by atoms with van der Waals surface area (Å²) in [6.45, 7) is 1.77. The van der Waals surface area contributed by atoms with Gasteiger partial charge >= 0.3 is 0 Å². The minimum atomic E-state index is -0.207. The van der Waals surface area contributed by atoms with Crippen molar-refractivity contribution in [1.82, 2.24) is 4.98 Å². The highest BCUT2D eigenvalue weighted by molar-refractivity contribution is 5.60. The van der Waals surface area contributed by atoms with Gasteiger partial charge in [0.25, 0.3) is 0 Å². The van der Waals surface area contributed by atoms with Gasteiger partial charge in [0.2, 0.25) is 6.29 Å². The van der Waals surface area contributed by atoms with Gasteiger partial charge < -0.3 is 0 Å². The van der Waals surface area contributed by atoms with E-state index in [1.165, 1.54) is 0 Å². The Morgan fingerprint density at radius 2 is 2.40 bits per heavy atom. The average Bonchev–Trinajstić information content (AvgIpc) is 2.05. The second kappa shape index (κ2) is 3.11. The van der Waals surface area contributed by atoms with Crippen LogP contribution in [0.25, 0.3) is 0 Å². The average molecular weight is 134 g/mol. The zero-order chi connectivity index (χ0) is 7.40. The summed E-state index contributed by atoms with van der Waals surface area (Å²) in [4.78, 5) is 14.1. The molecule has 0 saturated heterocycles. The molecule has 10 heavy (non-hydrogen) atoms. The van der Waals surface area contributed by atoms with Crippen molar-refractivity contribution in [2.24, 2.45) is 0 Å². The molecule has 1 aromatic heterocycles. The van der Waals surface area contributed by atoms with Crippen LogP contribution in [-0.4, -0.2) is 11.3 Å². The minimum absolute atomic E-state index is 0.207. The second-order valence-electron chi connectivity index (χ2n) is 2.09. The third-order valence-electron chi connectivity index (χ3n) is 1.31. The number of hydrogen-bond acceptors (Lipinski definition) is 2. The lowest BCUT2D eigenvalue weighted by Crippen LogP contribution is -1.95. The predicted molar refractivity (Wildman–Crippen MR) is 38.3 cm³/mol. The molecule has 0 N–H and O–H groups in total. The first-order valence-electron chi connectivity index (χ1n) is 3.13. The smallest absolute Gasteiger partial charge is 0.207 e. The maximum absolute atomic E-state index is 10.1. The zero-order valence-corrected chi connectivity index (χ0v) is 5.74. The highest BCUT2D eigenvalue weighted by Gasteiger charge is 2.03. The Balaban J connectivity index is 2.84. The van der Waals surface area contributed by atoms with Gasteiger partial charge in [0.15, 0.2) is 0 Å². The van der Waals surface area contributed by atoms with Crippen LogP contribution in [0, 0.1) is 0 Å². The summed E-state index contributed by atoms with van der Waals surface area (Å²) in [5.41, 5.74) is 0.775. The fourth-order valence-electron chi connectivity index (χ4n) is 0.692. The summed E-state index contributed by atoms with van der Waals surface area (Å²) in [5.74, 6) is -0.207. The number of rotatable bonds is 2. The Bertz CT molecular complexity index is 208. The molecule has 1 radical (unpaired) electrons. The summed E-state index contributed by atoms with van der Waals surface area (Å²) < 4.78 is 0. The summed E-state index contributed by atoms with van der Waals surface area (Å²) in [7, 11) is 0. The highest BCUT2D eigenvalue weighted by atomic mass is 16.1. The largest absolute Gasteiger partial charge is 0.290 e. The molecule has 2 heteroatoms. The van der Waals surface area contributed by atoms with Gasteiger partial charge in [-0.05, 0) is 19.1 Å². The van der Waals surface area contributed by atoms with E-state index in [2.05, 4.69) is 4.98 Å². The van der Waals surface area contributed by atoms with Gasteiger partial charge in [0.1, 0.15) is 0 Å². The Kier molecular flexibility index (Phi) is 2.15. The number of hydrogen-bond donors (Lipinski definition) is 0. The van der Waals surface area contributed by atoms with Crippen LogP contribution in [0.4, 0.5) is 0 Å². The van der Waals surface area contributed by atoms with Crippen molar-refractivity contribution in [3.05, 3.63) is 30.1 Å². The van der Waals surface area contributed by atoms with Gasteiger partial charge in [-0.15, -0.1) is 0 Å². The Hall–Kier alpha value is -1.18. The molecule has 0 saturated carbocycles. The first kappa shape index (κ1) is 6.93. The van der Waals surface area contributed by atoms with Gasteiger partial charge in [-0.2, -0.15) is 0 Å². The molecule has 0 aliphatic heterocycles. The van der Waals surface area contributed by atoms with Crippen LogP contribution in [0.5, 0.6) is 0 Å². The van der Waals surface area contributed by atoms with Crippen LogP contribution in [0.3, 0.4) is 0 Å². The van der Waals surface area contributed by atoms with Gasteiger partial charge in [-0.25, -0.2) is 0 Å². The van der Waals surface area contributed by atoms with Crippen molar-refractivity contribution in [1.29, 1.82) is 0 Å². The van der Waals surface area contributed by atoms with Gasteiger partial charge in [-0.1, -0.05) is 6.07 Å². The molecule has 1 unspecified atom stereocenters. The van der Waals surface area contributed by atoms with Crippen LogP contribution < -0.4 is 0 Å². The SMILES string of the molecule is CC([C]=O)c1ccccn1. The van der Waals surface area contributed by atoms with Crippen molar-refractivity contribution in [2.75, 3.05) is 0 Å². The maximum Gasteiger partial charge on any atom is 0.207 e. The van der Waals surface area contributed by atoms with E-state index in [0.717, 1.165) is 5.69 Å². The highest BCUT2D eigenvalue weighted by Crippen LogP contribution is 2.06. The van der Waals surface area contributed by atoms with E-state index in [-0.39, 0.29) is 5.92 Å². The second-order valence-corrected chi connectivity index (χ2v) is 2.09. The third kappa shape index (κ3) is 1.41. The van der Waals surface area contributed by atoms with Crippen molar-refractivity contribution < 1.29 is 4.79 Å². The van der Waals surface area contributed by atoms with E-state index >= 15 is 0 Å². The van der Waals surface area contributed by atoms with Crippen molar-refractivity contribution in [3.8, 4) is 0 Å². The molecule has 0 spiro atoms. The minimum Gasteiger partial charge on any atom is -0.290 e. The van der Waals surface area contributed by atoms with Crippen LogP contribution >= 0.6 is 0 Å². The predicted octanol–water partition coefficient (Wildman–Crippen LogP) is 1.29.